The first-order valence-corrected chi connectivity index (χ1v) is 7.40. The predicted octanol–water partition coefficient (Wildman–Crippen LogP) is 5.83. The van der Waals surface area contributed by atoms with Crippen LogP contribution in [0.3, 0.4) is 0 Å². The molecule has 0 aliphatic rings. The first kappa shape index (κ1) is 11.7. The molecule has 88 valence electrons. The van der Waals surface area contributed by atoms with Crippen molar-refractivity contribution in [2.45, 2.75) is 0 Å². The van der Waals surface area contributed by atoms with Crippen LogP contribution in [-0.4, -0.2) is 0 Å². The van der Waals surface area contributed by atoms with Gasteiger partial charge in [-0.3, -0.25) is 0 Å². The zero-order valence-corrected chi connectivity index (χ0v) is 12.0. The molecule has 0 unspecified atom stereocenters. The molecule has 0 spiro atoms. The van der Waals surface area contributed by atoms with Crippen molar-refractivity contribution in [2.75, 3.05) is 0 Å². The van der Waals surface area contributed by atoms with Crippen molar-refractivity contribution in [3.8, 4) is 0 Å². The Labute approximate surface area is 119 Å². The third kappa shape index (κ3) is 2.40. The van der Waals surface area contributed by atoms with Crippen molar-refractivity contribution < 1.29 is 0 Å². The lowest BCUT2D eigenvalue weighted by Gasteiger charge is -1.94. The summed E-state index contributed by atoms with van der Waals surface area (Å²) >= 11 is 5.24. The van der Waals surface area contributed by atoms with Crippen LogP contribution in [0.5, 0.6) is 0 Å². The van der Waals surface area contributed by atoms with Crippen LogP contribution in [0, 0.1) is 0 Å². The second-order valence-electron chi connectivity index (χ2n) is 4.07. The Morgan fingerprint density at radius 2 is 1.67 bits per heavy atom. The van der Waals surface area contributed by atoms with E-state index in [1.54, 1.807) is 11.3 Å². The molecule has 18 heavy (non-hydrogen) atoms. The molecular weight excluding hydrogens is 304 g/mol. The normalized spacial score (nSPS) is 11.4. The van der Waals surface area contributed by atoms with Gasteiger partial charge in [0.1, 0.15) is 0 Å². The summed E-state index contributed by atoms with van der Waals surface area (Å²) in [5, 5.41) is 3.54. The summed E-state index contributed by atoms with van der Waals surface area (Å²) in [7, 11) is 0. The Hall–Kier alpha value is -1.38. The summed E-state index contributed by atoms with van der Waals surface area (Å²) in [6.07, 6.45) is 4.34. The van der Waals surface area contributed by atoms with Gasteiger partial charge in [0.15, 0.2) is 0 Å². The molecular formula is C16H11BrS. The summed E-state index contributed by atoms with van der Waals surface area (Å²) in [5.74, 6) is 0. The fourth-order valence-corrected chi connectivity index (χ4v) is 3.08. The number of thiophene rings is 1. The maximum Gasteiger partial charge on any atom is 0.0348 e. The number of fused-ring (bicyclic) bond motifs is 1. The van der Waals surface area contributed by atoms with Crippen LogP contribution >= 0.6 is 27.3 Å². The lowest BCUT2D eigenvalue weighted by molar-refractivity contribution is 1.62. The van der Waals surface area contributed by atoms with E-state index >= 15 is 0 Å². The second-order valence-corrected chi connectivity index (χ2v) is 5.90. The average molecular weight is 315 g/mol. The molecule has 0 saturated heterocycles. The molecule has 0 amide bonds. The summed E-state index contributed by atoms with van der Waals surface area (Å²) in [5.41, 5.74) is 2.51. The number of rotatable bonds is 2. The van der Waals surface area contributed by atoms with Crippen molar-refractivity contribution in [1.82, 2.24) is 0 Å². The molecule has 2 heteroatoms. The molecule has 2 aromatic carbocycles. The molecule has 3 rings (SSSR count). The molecule has 1 heterocycles. The van der Waals surface area contributed by atoms with E-state index in [2.05, 4.69) is 82.0 Å². The molecule has 0 bridgehead atoms. The quantitative estimate of drug-likeness (QED) is 0.558. The van der Waals surface area contributed by atoms with E-state index in [4.69, 9.17) is 0 Å². The van der Waals surface area contributed by atoms with Crippen LogP contribution in [0.1, 0.15) is 11.1 Å². The topological polar surface area (TPSA) is 0 Å². The van der Waals surface area contributed by atoms with Gasteiger partial charge in [-0.05, 0) is 40.1 Å². The van der Waals surface area contributed by atoms with E-state index in [9.17, 15) is 0 Å². The maximum atomic E-state index is 3.45. The largest absolute Gasteiger partial charge is 0.143 e. The minimum atomic E-state index is 1.11. The highest BCUT2D eigenvalue weighted by Gasteiger charge is 1.99. The van der Waals surface area contributed by atoms with Crippen molar-refractivity contribution in [3.63, 3.8) is 0 Å². The van der Waals surface area contributed by atoms with E-state index in [0.29, 0.717) is 0 Å². The molecule has 0 N–H and O–H groups in total. The van der Waals surface area contributed by atoms with Gasteiger partial charge in [-0.15, -0.1) is 11.3 Å². The van der Waals surface area contributed by atoms with Gasteiger partial charge in [-0.1, -0.05) is 58.4 Å². The Morgan fingerprint density at radius 3 is 2.50 bits per heavy atom. The van der Waals surface area contributed by atoms with Crippen LogP contribution in [0.2, 0.25) is 0 Å². The van der Waals surface area contributed by atoms with Gasteiger partial charge in [-0.25, -0.2) is 0 Å². The minimum absolute atomic E-state index is 1.11. The number of halogens is 1. The lowest BCUT2D eigenvalue weighted by Crippen LogP contribution is -1.71. The molecule has 3 aromatic rings. The maximum absolute atomic E-state index is 3.45. The fraction of sp³-hybridized carbons (Fsp3) is 0. The first-order valence-electron chi connectivity index (χ1n) is 5.73. The Bertz CT molecular complexity index is 692. The third-order valence-electron chi connectivity index (χ3n) is 2.84. The summed E-state index contributed by atoms with van der Waals surface area (Å²) in [4.78, 5) is 0. The van der Waals surface area contributed by atoms with Crippen molar-refractivity contribution in [2.24, 2.45) is 0 Å². The van der Waals surface area contributed by atoms with Crippen LogP contribution in [-0.2, 0) is 0 Å². The summed E-state index contributed by atoms with van der Waals surface area (Å²) in [6, 6.07) is 16.8. The van der Waals surface area contributed by atoms with E-state index in [1.807, 2.05) is 0 Å². The Kier molecular flexibility index (Phi) is 3.31. The molecule has 0 aliphatic carbocycles. The minimum Gasteiger partial charge on any atom is -0.143 e. The molecule has 0 atom stereocenters. The van der Waals surface area contributed by atoms with Gasteiger partial charge in [0, 0.05) is 9.17 Å². The smallest absolute Gasteiger partial charge is 0.0348 e. The molecule has 0 fully saturated rings. The van der Waals surface area contributed by atoms with Crippen molar-refractivity contribution in [1.29, 1.82) is 0 Å². The monoisotopic (exact) mass is 314 g/mol. The lowest BCUT2D eigenvalue weighted by atomic mass is 10.1. The summed E-state index contributed by atoms with van der Waals surface area (Å²) < 4.78 is 2.45. The molecule has 1 aromatic heterocycles. The molecule has 0 nitrogen and oxygen atoms in total. The number of benzene rings is 2. The van der Waals surface area contributed by atoms with Gasteiger partial charge in [0.05, 0.1) is 0 Å². The van der Waals surface area contributed by atoms with E-state index in [0.717, 1.165) is 4.47 Å². The van der Waals surface area contributed by atoms with E-state index in [1.165, 1.54) is 21.2 Å². The Morgan fingerprint density at radius 1 is 0.889 bits per heavy atom. The van der Waals surface area contributed by atoms with Gasteiger partial charge in [0.2, 0.25) is 0 Å². The standard InChI is InChI=1S/C16H11BrS/c17-14-9-6-12(7-10-14)5-8-13-11-18-16-4-2-1-3-15(13)16/h1-11H/b8-5-. The Balaban J connectivity index is 1.94. The van der Waals surface area contributed by atoms with Crippen LogP contribution < -0.4 is 0 Å². The molecule has 0 radical (unpaired) electrons. The number of hydrogen-bond acceptors (Lipinski definition) is 1. The predicted molar refractivity (Wildman–Crippen MR) is 84.9 cm³/mol. The third-order valence-corrected chi connectivity index (χ3v) is 4.35. The van der Waals surface area contributed by atoms with E-state index in [-0.39, 0.29) is 0 Å². The van der Waals surface area contributed by atoms with E-state index < -0.39 is 0 Å². The van der Waals surface area contributed by atoms with Gasteiger partial charge < -0.3 is 0 Å². The van der Waals surface area contributed by atoms with Gasteiger partial charge in [0.25, 0.3) is 0 Å². The molecule has 0 saturated carbocycles. The molecule has 0 aliphatic heterocycles. The second kappa shape index (κ2) is 5.09. The zero-order chi connectivity index (χ0) is 12.4. The van der Waals surface area contributed by atoms with Crippen LogP contribution in [0.4, 0.5) is 0 Å². The fourth-order valence-electron chi connectivity index (χ4n) is 1.89. The first-order chi connectivity index (χ1) is 8.83. The highest BCUT2D eigenvalue weighted by molar-refractivity contribution is 9.10. The SMILES string of the molecule is Brc1ccc(/C=C\c2csc3ccccc23)cc1. The number of hydrogen-bond donors (Lipinski definition) is 0. The van der Waals surface area contributed by atoms with Crippen LogP contribution in [0.25, 0.3) is 22.2 Å². The van der Waals surface area contributed by atoms with Crippen LogP contribution in [0.15, 0.2) is 58.4 Å². The highest BCUT2D eigenvalue weighted by atomic mass is 79.9. The van der Waals surface area contributed by atoms with Gasteiger partial charge >= 0.3 is 0 Å². The summed E-state index contributed by atoms with van der Waals surface area (Å²) in [6.45, 7) is 0. The van der Waals surface area contributed by atoms with Crippen molar-refractivity contribution in [3.05, 3.63) is 69.5 Å². The average Bonchev–Trinajstić information content (AvgIpc) is 2.82. The highest BCUT2D eigenvalue weighted by Crippen LogP contribution is 2.27. The van der Waals surface area contributed by atoms with Gasteiger partial charge in [-0.2, -0.15) is 0 Å². The van der Waals surface area contributed by atoms with Crippen molar-refractivity contribution >= 4 is 49.5 Å². The zero-order valence-electron chi connectivity index (χ0n) is 9.64.